The normalized spacial score (nSPS) is 11.0. The molecule has 0 aliphatic rings. The second-order valence-corrected chi connectivity index (χ2v) is 5.08. The summed E-state index contributed by atoms with van der Waals surface area (Å²) in [6.45, 7) is 1.77. The lowest BCUT2D eigenvalue weighted by Gasteiger charge is -2.07. The molecule has 2 aromatic heterocycles. The molecule has 3 aromatic rings. The third-order valence-electron chi connectivity index (χ3n) is 3.33. The van der Waals surface area contributed by atoms with Crippen LogP contribution in [0.5, 0.6) is 0 Å². The zero-order chi connectivity index (χ0) is 15.7. The number of rotatable bonds is 4. The van der Waals surface area contributed by atoms with Crippen LogP contribution in [0.2, 0.25) is 0 Å². The van der Waals surface area contributed by atoms with Crippen LogP contribution in [-0.4, -0.2) is 24.9 Å². The number of hydrogen-bond acceptors (Lipinski definition) is 4. The Morgan fingerprint density at radius 2 is 1.95 bits per heavy atom. The van der Waals surface area contributed by atoms with Crippen molar-refractivity contribution in [1.82, 2.24) is 19.1 Å². The molecule has 0 atom stereocenters. The first-order valence-electron chi connectivity index (χ1n) is 6.77. The van der Waals surface area contributed by atoms with Crippen molar-refractivity contribution in [2.45, 2.75) is 20.0 Å². The van der Waals surface area contributed by atoms with Crippen molar-refractivity contribution in [1.29, 1.82) is 0 Å². The maximum atomic E-state index is 12.1. The van der Waals surface area contributed by atoms with Gasteiger partial charge < -0.3 is 4.57 Å². The van der Waals surface area contributed by atoms with Crippen LogP contribution in [0.25, 0.3) is 11.2 Å². The fourth-order valence-corrected chi connectivity index (χ4v) is 2.39. The van der Waals surface area contributed by atoms with E-state index in [4.69, 9.17) is 0 Å². The zero-order valence-corrected chi connectivity index (χ0v) is 11.9. The van der Waals surface area contributed by atoms with Crippen molar-refractivity contribution in [3.05, 3.63) is 63.1 Å². The van der Waals surface area contributed by atoms with E-state index in [2.05, 4.69) is 9.97 Å². The Kier molecular flexibility index (Phi) is 3.46. The Hall–Kier alpha value is -2.96. The molecule has 3 rings (SSSR count). The predicted octanol–water partition coefficient (Wildman–Crippen LogP) is 0.524. The monoisotopic (exact) mass is 298 g/mol. The zero-order valence-electron chi connectivity index (χ0n) is 11.9. The first kappa shape index (κ1) is 14.0. The van der Waals surface area contributed by atoms with Gasteiger partial charge in [-0.3, -0.25) is 19.1 Å². The van der Waals surface area contributed by atoms with Gasteiger partial charge in [-0.2, -0.15) is 0 Å². The highest BCUT2D eigenvalue weighted by Crippen LogP contribution is 2.08. The minimum Gasteiger partial charge on any atom is -0.317 e. The number of aromatic nitrogens is 4. The number of fused-ring (bicyclic) bond motifs is 1. The quantitative estimate of drug-likeness (QED) is 0.760. The average Bonchev–Trinajstić information content (AvgIpc) is 2.88. The molecule has 2 heterocycles. The van der Waals surface area contributed by atoms with Gasteiger partial charge in [-0.15, -0.1) is 0 Å². The molecular weight excluding hydrogens is 284 g/mol. The maximum Gasteiger partial charge on any atom is 0.330 e. The van der Waals surface area contributed by atoms with Gasteiger partial charge in [-0.1, -0.05) is 30.3 Å². The molecule has 1 aromatic carbocycles. The van der Waals surface area contributed by atoms with E-state index in [1.54, 1.807) is 0 Å². The second-order valence-electron chi connectivity index (χ2n) is 5.08. The number of benzene rings is 1. The molecule has 0 saturated carbocycles. The summed E-state index contributed by atoms with van der Waals surface area (Å²) in [4.78, 5) is 41.8. The number of carbonyl (C=O) groups excluding carboxylic acids is 1. The van der Waals surface area contributed by atoms with Gasteiger partial charge in [0.25, 0.3) is 5.56 Å². The lowest BCUT2D eigenvalue weighted by atomic mass is 10.2. The third-order valence-corrected chi connectivity index (χ3v) is 3.33. The van der Waals surface area contributed by atoms with E-state index >= 15 is 0 Å². The average molecular weight is 298 g/mol. The maximum absolute atomic E-state index is 12.1. The number of ketones is 1. The van der Waals surface area contributed by atoms with Crippen molar-refractivity contribution in [2.24, 2.45) is 0 Å². The van der Waals surface area contributed by atoms with Crippen molar-refractivity contribution in [3.8, 4) is 0 Å². The Morgan fingerprint density at radius 1 is 1.23 bits per heavy atom. The van der Waals surface area contributed by atoms with Crippen molar-refractivity contribution < 1.29 is 4.79 Å². The van der Waals surface area contributed by atoms with Crippen molar-refractivity contribution >= 4 is 16.9 Å². The molecule has 0 amide bonds. The fourth-order valence-electron chi connectivity index (χ4n) is 2.39. The molecule has 0 bridgehead atoms. The summed E-state index contributed by atoms with van der Waals surface area (Å²) in [5.74, 6) is -0.0977. The number of hydrogen-bond donors (Lipinski definition) is 1. The largest absolute Gasteiger partial charge is 0.330 e. The van der Waals surface area contributed by atoms with Crippen LogP contribution >= 0.6 is 0 Å². The lowest BCUT2D eigenvalue weighted by Crippen LogP contribution is -2.31. The van der Waals surface area contributed by atoms with E-state index in [0.717, 1.165) is 5.56 Å². The summed E-state index contributed by atoms with van der Waals surface area (Å²) in [5.41, 5.74) is 0.362. The minimum absolute atomic E-state index is 0.0448. The van der Waals surface area contributed by atoms with Crippen LogP contribution in [0.4, 0.5) is 0 Å². The number of H-pyrrole nitrogens is 1. The summed E-state index contributed by atoms with van der Waals surface area (Å²) in [6.07, 6.45) is 1.40. The molecule has 0 aliphatic carbocycles. The van der Waals surface area contributed by atoms with Gasteiger partial charge in [-0.25, -0.2) is 9.78 Å². The molecular formula is C15H14N4O3. The first-order chi connectivity index (χ1) is 10.6. The smallest absolute Gasteiger partial charge is 0.317 e. The third kappa shape index (κ3) is 2.48. The standard InChI is InChI=1S/C15H14N4O3/c1-10(20)7-18-9-16-13-12(18)14(21)17-15(22)19(13)8-11-5-3-2-4-6-11/h2-6,9H,7-8H2,1H3,(H,17,21,22). The molecule has 0 radical (unpaired) electrons. The Bertz CT molecular complexity index is 950. The van der Waals surface area contributed by atoms with E-state index in [0.29, 0.717) is 6.54 Å². The summed E-state index contributed by atoms with van der Waals surface area (Å²) in [7, 11) is 0. The summed E-state index contributed by atoms with van der Waals surface area (Å²) in [6, 6.07) is 9.40. The molecule has 7 nitrogen and oxygen atoms in total. The fraction of sp³-hybridized carbons (Fsp3) is 0.200. The van der Waals surface area contributed by atoms with E-state index < -0.39 is 11.2 Å². The van der Waals surface area contributed by atoms with Crippen LogP contribution in [0.1, 0.15) is 12.5 Å². The van der Waals surface area contributed by atoms with Crippen LogP contribution in [0.15, 0.2) is 46.2 Å². The van der Waals surface area contributed by atoms with Gasteiger partial charge in [0.1, 0.15) is 5.78 Å². The highest BCUT2D eigenvalue weighted by Gasteiger charge is 2.14. The minimum atomic E-state index is -0.539. The molecule has 7 heteroatoms. The van der Waals surface area contributed by atoms with E-state index in [9.17, 15) is 14.4 Å². The molecule has 0 unspecified atom stereocenters. The SMILES string of the molecule is CC(=O)Cn1cnc2c1c(=O)[nH]c(=O)n2Cc1ccccc1. The number of nitrogens with zero attached hydrogens (tertiary/aromatic N) is 3. The number of nitrogens with one attached hydrogen (secondary N) is 1. The van der Waals surface area contributed by atoms with Crippen molar-refractivity contribution in [3.63, 3.8) is 0 Å². The number of aromatic amines is 1. The summed E-state index contributed by atoms with van der Waals surface area (Å²) in [5, 5.41) is 0. The van der Waals surface area contributed by atoms with Crippen LogP contribution < -0.4 is 11.2 Å². The number of Topliss-reactive ketones (excluding diaryl/α,β-unsaturated/α-hetero) is 1. The molecule has 22 heavy (non-hydrogen) atoms. The van der Waals surface area contributed by atoms with E-state index in [-0.39, 0.29) is 23.5 Å². The highest BCUT2D eigenvalue weighted by molar-refractivity contribution is 5.78. The second kappa shape index (κ2) is 5.44. The Balaban J connectivity index is 2.18. The van der Waals surface area contributed by atoms with Gasteiger partial charge in [-0.05, 0) is 12.5 Å². The van der Waals surface area contributed by atoms with Crippen molar-refractivity contribution in [2.75, 3.05) is 0 Å². The van der Waals surface area contributed by atoms with E-state index in [1.807, 2.05) is 30.3 Å². The summed E-state index contributed by atoms with van der Waals surface area (Å²) >= 11 is 0. The lowest BCUT2D eigenvalue weighted by molar-refractivity contribution is -0.117. The molecule has 112 valence electrons. The first-order valence-corrected chi connectivity index (χ1v) is 6.77. The van der Waals surface area contributed by atoms with Gasteiger partial charge >= 0.3 is 5.69 Å². The van der Waals surface area contributed by atoms with Gasteiger partial charge in [0, 0.05) is 0 Å². The number of carbonyl (C=O) groups is 1. The van der Waals surface area contributed by atoms with Crippen LogP contribution in [0, 0.1) is 0 Å². The van der Waals surface area contributed by atoms with Crippen LogP contribution in [0.3, 0.4) is 0 Å². The molecule has 0 saturated heterocycles. The van der Waals surface area contributed by atoms with Gasteiger partial charge in [0.05, 0.1) is 19.4 Å². The summed E-state index contributed by atoms with van der Waals surface area (Å²) < 4.78 is 2.85. The molecule has 0 spiro atoms. The van der Waals surface area contributed by atoms with E-state index in [1.165, 1.54) is 22.4 Å². The van der Waals surface area contributed by atoms with Gasteiger partial charge in [0.2, 0.25) is 0 Å². The van der Waals surface area contributed by atoms with Gasteiger partial charge in [0.15, 0.2) is 11.2 Å². The van der Waals surface area contributed by atoms with Crippen LogP contribution in [-0.2, 0) is 17.9 Å². The topological polar surface area (TPSA) is 89.8 Å². The highest BCUT2D eigenvalue weighted by atomic mass is 16.2. The number of imidazole rings is 1. The predicted molar refractivity (Wildman–Crippen MR) is 80.8 cm³/mol. The Labute approximate surface area is 124 Å². The Morgan fingerprint density at radius 3 is 2.64 bits per heavy atom. The molecule has 0 aliphatic heterocycles. The molecule has 1 N–H and O–H groups in total. The molecule has 0 fully saturated rings.